The van der Waals surface area contributed by atoms with Gasteiger partial charge in [0, 0.05) is 44.3 Å². The van der Waals surface area contributed by atoms with Gasteiger partial charge in [-0.2, -0.15) is 0 Å². The van der Waals surface area contributed by atoms with Crippen LogP contribution in [0.5, 0.6) is 5.88 Å². The quantitative estimate of drug-likeness (QED) is 0.262. The van der Waals surface area contributed by atoms with Crippen molar-refractivity contribution in [1.82, 2.24) is 24.8 Å². The number of ether oxygens (including phenoxy) is 1. The maximum atomic E-state index is 5.88. The number of rotatable bonds is 7. The van der Waals surface area contributed by atoms with Crippen molar-refractivity contribution < 1.29 is 4.74 Å². The fourth-order valence-corrected chi connectivity index (χ4v) is 4.05. The Bertz CT molecular complexity index is 995. The Morgan fingerprint density at radius 2 is 2.03 bits per heavy atom. The molecule has 1 aromatic carbocycles. The van der Waals surface area contributed by atoms with Crippen LogP contribution in [0.4, 0.5) is 0 Å². The van der Waals surface area contributed by atoms with Gasteiger partial charge in [-0.05, 0) is 36.5 Å². The molecule has 1 saturated heterocycles. The first-order valence-corrected chi connectivity index (χ1v) is 11.3. The van der Waals surface area contributed by atoms with Gasteiger partial charge in [0.15, 0.2) is 5.96 Å². The van der Waals surface area contributed by atoms with E-state index in [2.05, 4.69) is 44.8 Å². The van der Waals surface area contributed by atoms with E-state index in [1.807, 2.05) is 55.0 Å². The molecule has 0 radical (unpaired) electrons. The van der Waals surface area contributed by atoms with Gasteiger partial charge in [0.05, 0.1) is 18.9 Å². The normalized spacial score (nSPS) is 18.5. The van der Waals surface area contributed by atoms with Gasteiger partial charge in [0.1, 0.15) is 6.61 Å². The van der Waals surface area contributed by atoms with Crippen molar-refractivity contribution in [3.05, 3.63) is 78.5 Å². The van der Waals surface area contributed by atoms with E-state index in [-0.39, 0.29) is 24.0 Å². The second-order valence-electron chi connectivity index (χ2n) is 8.24. The molecule has 1 aliphatic heterocycles. The summed E-state index contributed by atoms with van der Waals surface area (Å²) >= 11 is 0. The lowest BCUT2D eigenvalue weighted by Crippen LogP contribution is -2.49. The van der Waals surface area contributed by atoms with Gasteiger partial charge in [-0.3, -0.25) is 0 Å². The summed E-state index contributed by atoms with van der Waals surface area (Å²) in [5.74, 6) is 2.18. The van der Waals surface area contributed by atoms with E-state index < -0.39 is 0 Å². The molecule has 0 amide bonds. The van der Waals surface area contributed by atoms with Crippen LogP contribution in [0.3, 0.4) is 0 Å². The first-order chi connectivity index (χ1) is 15.7. The molecule has 8 heteroatoms. The molecule has 2 atom stereocenters. The first kappa shape index (κ1) is 25.0. The minimum absolute atomic E-state index is 0. The average molecular weight is 560 g/mol. The third-order valence-electron chi connectivity index (χ3n) is 5.90. The van der Waals surface area contributed by atoms with Crippen LogP contribution in [-0.2, 0) is 13.2 Å². The monoisotopic (exact) mass is 560 g/mol. The van der Waals surface area contributed by atoms with E-state index in [1.54, 1.807) is 6.20 Å². The third-order valence-corrected chi connectivity index (χ3v) is 5.90. The van der Waals surface area contributed by atoms with E-state index in [1.165, 1.54) is 0 Å². The number of hydrogen-bond acceptors (Lipinski definition) is 4. The summed E-state index contributed by atoms with van der Waals surface area (Å²) in [4.78, 5) is 15.9. The van der Waals surface area contributed by atoms with Crippen molar-refractivity contribution >= 4 is 29.9 Å². The lowest BCUT2D eigenvalue weighted by molar-refractivity contribution is 0.189. The Balaban J connectivity index is 0.00000306. The van der Waals surface area contributed by atoms with Crippen molar-refractivity contribution in [2.24, 2.45) is 10.9 Å². The molecule has 4 rings (SSSR count). The van der Waals surface area contributed by atoms with Crippen molar-refractivity contribution in [1.29, 1.82) is 0 Å². The Labute approximate surface area is 213 Å². The molecule has 1 N–H and O–H groups in total. The molecular formula is C25H33IN6O. The molecule has 33 heavy (non-hydrogen) atoms. The number of imidazole rings is 1. The van der Waals surface area contributed by atoms with E-state index in [0.29, 0.717) is 31.0 Å². The van der Waals surface area contributed by atoms with E-state index in [0.717, 1.165) is 43.1 Å². The zero-order valence-corrected chi connectivity index (χ0v) is 21.6. The van der Waals surface area contributed by atoms with Gasteiger partial charge < -0.3 is 19.5 Å². The molecule has 0 aliphatic carbocycles. The Morgan fingerprint density at radius 1 is 1.18 bits per heavy atom. The van der Waals surface area contributed by atoms with Crippen LogP contribution in [0.15, 0.2) is 72.4 Å². The highest BCUT2D eigenvalue weighted by Gasteiger charge is 2.28. The third kappa shape index (κ3) is 6.93. The summed E-state index contributed by atoms with van der Waals surface area (Å²) in [5.41, 5.74) is 2.20. The van der Waals surface area contributed by atoms with E-state index >= 15 is 0 Å². The molecule has 0 bridgehead atoms. The van der Waals surface area contributed by atoms with E-state index in [4.69, 9.17) is 9.73 Å². The smallest absolute Gasteiger partial charge is 0.213 e. The van der Waals surface area contributed by atoms with Gasteiger partial charge in [0.25, 0.3) is 0 Å². The van der Waals surface area contributed by atoms with Crippen molar-refractivity contribution in [3.63, 3.8) is 0 Å². The number of piperidine rings is 1. The Morgan fingerprint density at radius 3 is 2.79 bits per heavy atom. The van der Waals surface area contributed by atoms with Crippen molar-refractivity contribution in [2.45, 2.75) is 39.5 Å². The summed E-state index contributed by atoms with van der Waals surface area (Å²) in [6.45, 7) is 8.27. The second kappa shape index (κ2) is 12.6. The summed E-state index contributed by atoms with van der Waals surface area (Å²) in [5, 5.41) is 3.47. The van der Waals surface area contributed by atoms with Crippen LogP contribution < -0.4 is 10.1 Å². The number of likely N-dealkylation sites (tertiary alicyclic amines) is 1. The number of hydrogen-bond donors (Lipinski definition) is 1. The van der Waals surface area contributed by atoms with Gasteiger partial charge in [-0.15, -0.1) is 24.0 Å². The molecule has 0 saturated carbocycles. The standard InChI is InChI=1S/C25H32N6O.HI/c1-3-27-25(30-13-10-20(2)23(17-30)31-14-12-26-19-31)29-16-22-9-11-28-24(15-22)32-18-21-7-5-4-6-8-21;/h4-9,11-12,14-15,19-20,23H,3,10,13,16-18H2,1-2H3,(H,27,29);1H. The maximum absolute atomic E-state index is 5.88. The van der Waals surface area contributed by atoms with Crippen molar-refractivity contribution in [3.8, 4) is 5.88 Å². The van der Waals surface area contributed by atoms with Gasteiger partial charge in [0.2, 0.25) is 5.88 Å². The first-order valence-electron chi connectivity index (χ1n) is 11.3. The summed E-state index contributed by atoms with van der Waals surface area (Å²) in [7, 11) is 0. The highest BCUT2D eigenvalue weighted by atomic mass is 127. The highest BCUT2D eigenvalue weighted by molar-refractivity contribution is 14.0. The predicted octanol–water partition coefficient (Wildman–Crippen LogP) is 4.52. The highest BCUT2D eigenvalue weighted by Crippen LogP contribution is 2.27. The zero-order chi connectivity index (χ0) is 22.2. The van der Waals surface area contributed by atoms with Crippen LogP contribution in [0.1, 0.15) is 37.4 Å². The molecule has 7 nitrogen and oxygen atoms in total. The maximum Gasteiger partial charge on any atom is 0.213 e. The number of nitrogens with one attached hydrogen (secondary N) is 1. The lowest BCUT2D eigenvalue weighted by Gasteiger charge is -2.39. The summed E-state index contributed by atoms with van der Waals surface area (Å²) < 4.78 is 8.10. The number of pyridine rings is 1. The molecule has 2 aromatic heterocycles. The molecule has 1 aliphatic rings. The molecule has 0 spiro atoms. The molecule has 3 heterocycles. The minimum atomic E-state index is 0. The number of nitrogens with zero attached hydrogens (tertiary/aromatic N) is 5. The average Bonchev–Trinajstić information content (AvgIpc) is 3.37. The lowest BCUT2D eigenvalue weighted by atomic mass is 9.93. The molecule has 176 valence electrons. The van der Waals surface area contributed by atoms with Crippen LogP contribution in [-0.4, -0.2) is 45.0 Å². The fourth-order valence-electron chi connectivity index (χ4n) is 4.05. The largest absolute Gasteiger partial charge is 0.473 e. The second-order valence-corrected chi connectivity index (χ2v) is 8.24. The molecular weight excluding hydrogens is 527 g/mol. The number of guanidine groups is 1. The summed E-state index contributed by atoms with van der Waals surface area (Å²) in [6, 6.07) is 14.5. The number of aliphatic imine (C=N–C) groups is 1. The van der Waals surface area contributed by atoms with Crippen molar-refractivity contribution in [2.75, 3.05) is 19.6 Å². The topological polar surface area (TPSA) is 67.6 Å². The van der Waals surface area contributed by atoms with Crippen LogP contribution in [0.25, 0.3) is 0 Å². The van der Waals surface area contributed by atoms with Gasteiger partial charge in [-0.25, -0.2) is 15.0 Å². The number of aromatic nitrogens is 3. The van der Waals surface area contributed by atoms with Gasteiger partial charge >= 0.3 is 0 Å². The SMILES string of the molecule is CCNC(=NCc1ccnc(OCc2ccccc2)c1)N1CCC(C)C(n2ccnc2)C1.I. The number of halogens is 1. The predicted molar refractivity (Wildman–Crippen MR) is 142 cm³/mol. The minimum Gasteiger partial charge on any atom is -0.473 e. The number of benzene rings is 1. The Hall–Kier alpha value is -2.62. The van der Waals surface area contributed by atoms with E-state index in [9.17, 15) is 0 Å². The zero-order valence-electron chi connectivity index (χ0n) is 19.3. The molecule has 2 unspecified atom stereocenters. The summed E-state index contributed by atoms with van der Waals surface area (Å²) in [6.07, 6.45) is 8.74. The Kier molecular flexibility index (Phi) is 9.53. The van der Waals surface area contributed by atoms with Gasteiger partial charge in [-0.1, -0.05) is 37.3 Å². The van der Waals surface area contributed by atoms with Crippen LogP contribution in [0, 0.1) is 5.92 Å². The molecule has 1 fully saturated rings. The fraction of sp³-hybridized carbons (Fsp3) is 0.400. The van der Waals surface area contributed by atoms with Crippen LogP contribution >= 0.6 is 24.0 Å². The van der Waals surface area contributed by atoms with Crippen LogP contribution in [0.2, 0.25) is 0 Å². The molecule has 3 aromatic rings.